The quantitative estimate of drug-likeness (QED) is 0.182. The van der Waals surface area contributed by atoms with Crippen LogP contribution in [0.3, 0.4) is 0 Å². The minimum atomic E-state index is 0.538. The van der Waals surface area contributed by atoms with Crippen molar-refractivity contribution in [3.63, 3.8) is 0 Å². The number of allylic oxidation sites excluding steroid dienone is 4. The van der Waals surface area contributed by atoms with E-state index in [0.717, 1.165) is 99.8 Å². The monoisotopic (exact) mass is 718 g/mol. The van der Waals surface area contributed by atoms with Crippen LogP contribution in [0.25, 0.3) is 105 Å². The summed E-state index contributed by atoms with van der Waals surface area (Å²) >= 11 is 0. The van der Waals surface area contributed by atoms with Crippen LogP contribution in [-0.4, -0.2) is 19.1 Å². The molecule has 4 aromatic heterocycles. The molecule has 0 radical (unpaired) electrons. The predicted molar refractivity (Wildman–Crippen MR) is 232 cm³/mol. The highest BCUT2D eigenvalue weighted by atomic mass is 16.3. The van der Waals surface area contributed by atoms with Crippen LogP contribution in [0.5, 0.6) is 0 Å². The Morgan fingerprint density at radius 1 is 0.554 bits per heavy atom. The van der Waals surface area contributed by atoms with Gasteiger partial charge < -0.3 is 8.98 Å². The molecule has 4 heterocycles. The molecule has 56 heavy (non-hydrogen) atoms. The molecule has 1 aliphatic carbocycles. The van der Waals surface area contributed by atoms with Crippen molar-refractivity contribution in [2.45, 2.75) is 13.3 Å². The molecule has 0 bridgehead atoms. The number of nitrogens with zero attached hydrogens (tertiary/aromatic N) is 4. The van der Waals surface area contributed by atoms with E-state index in [4.69, 9.17) is 14.4 Å². The summed E-state index contributed by atoms with van der Waals surface area (Å²) in [5, 5.41) is 7.81. The Morgan fingerprint density at radius 3 is 2.09 bits per heavy atom. The number of furan rings is 1. The standard InChI is InChI=1S/C51H34N4O/c1-31-12-11-13-34(30-31)32-22-24-33(25-23-32)48-38-17-5-8-19-41(38)52-51(53-48)55-42-20-9-6-18-39(42)46-43(55)29-27-40-47-44(54(49(40)46)35-14-3-2-4-15-35)28-26-37-36-16-7-10-21-45(36)56-50(37)47/h2-29,31H,30H2,1H3. The van der Waals surface area contributed by atoms with Gasteiger partial charge in [0, 0.05) is 43.6 Å². The molecule has 5 nitrogen and oxygen atoms in total. The summed E-state index contributed by atoms with van der Waals surface area (Å²) < 4.78 is 11.3. The van der Waals surface area contributed by atoms with Crippen LogP contribution in [0.2, 0.25) is 0 Å². The normalized spacial score (nSPS) is 14.7. The first-order valence-corrected chi connectivity index (χ1v) is 19.3. The van der Waals surface area contributed by atoms with Crippen molar-refractivity contribution in [1.29, 1.82) is 0 Å². The number of fused-ring (bicyclic) bond motifs is 12. The molecule has 1 unspecified atom stereocenters. The molecule has 0 aliphatic heterocycles. The highest BCUT2D eigenvalue weighted by Crippen LogP contribution is 2.45. The second-order valence-corrected chi connectivity index (χ2v) is 15.0. The highest BCUT2D eigenvalue weighted by Gasteiger charge is 2.25. The molecule has 264 valence electrons. The van der Waals surface area contributed by atoms with Gasteiger partial charge in [0.1, 0.15) is 11.2 Å². The van der Waals surface area contributed by atoms with Crippen LogP contribution in [-0.2, 0) is 0 Å². The average Bonchev–Trinajstić information content (AvgIpc) is 3.91. The molecule has 5 heteroatoms. The maximum absolute atomic E-state index is 6.70. The first-order valence-electron chi connectivity index (χ1n) is 19.3. The van der Waals surface area contributed by atoms with Gasteiger partial charge in [0.05, 0.1) is 38.7 Å². The van der Waals surface area contributed by atoms with E-state index in [1.165, 1.54) is 11.1 Å². The number of hydrogen-bond acceptors (Lipinski definition) is 3. The van der Waals surface area contributed by atoms with E-state index < -0.39 is 0 Å². The van der Waals surface area contributed by atoms with Crippen LogP contribution < -0.4 is 0 Å². The molecule has 12 rings (SSSR count). The lowest BCUT2D eigenvalue weighted by Gasteiger charge is -2.15. The van der Waals surface area contributed by atoms with Crippen molar-refractivity contribution in [3.05, 3.63) is 175 Å². The van der Waals surface area contributed by atoms with Crippen molar-refractivity contribution in [1.82, 2.24) is 19.1 Å². The van der Waals surface area contributed by atoms with Crippen LogP contribution in [0.1, 0.15) is 18.9 Å². The third kappa shape index (κ3) is 4.48. The molecule has 0 saturated carbocycles. The van der Waals surface area contributed by atoms with Gasteiger partial charge in [-0.05, 0) is 78.1 Å². The van der Waals surface area contributed by atoms with E-state index in [0.29, 0.717) is 11.9 Å². The van der Waals surface area contributed by atoms with Crippen molar-refractivity contribution in [2.75, 3.05) is 0 Å². The van der Waals surface area contributed by atoms with E-state index in [1.54, 1.807) is 0 Å². The number of rotatable bonds is 4. The molecule has 1 aliphatic rings. The van der Waals surface area contributed by atoms with E-state index >= 15 is 0 Å². The van der Waals surface area contributed by atoms with Crippen LogP contribution in [0.15, 0.2) is 174 Å². The smallest absolute Gasteiger partial charge is 0.235 e. The Labute approximate surface area is 322 Å². The fraction of sp³-hybridized carbons (Fsp3) is 0.0588. The van der Waals surface area contributed by atoms with Crippen molar-refractivity contribution in [2.24, 2.45) is 5.92 Å². The summed E-state index contributed by atoms with van der Waals surface area (Å²) in [6.45, 7) is 2.27. The Balaban J connectivity index is 1.16. The van der Waals surface area contributed by atoms with Gasteiger partial charge >= 0.3 is 0 Å². The summed E-state index contributed by atoms with van der Waals surface area (Å²) in [5.74, 6) is 1.18. The molecule has 0 amide bonds. The van der Waals surface area contributed by atoms with Gasteiger partial charge in [0.15, 0.2) is 0 Å². The van der Waals surface area contributed by atoms with Crippen molar-refractivity contribution in [3.8, 4) is 22.9 Å². The lowest BCUT2D eigenvalue weighted by molar-refractivity contribution is 0.673. The average molecular weight is 719 g/mol. The van der Waals surface area contributed by atoms with Crippen LogP contribution in [0, 0.1) is 5.92 Å². The summed E-state index contributed by atoms with van der Waals surface area (Å²) in [6, 6.07) is 53.9. The summed E-state index contributed by atoms with van der Waals surface area (Å²) in [6.07, 6.45) is 7.74. The first kappa shape index (κ1) is 31.1. The maximum Gasteiger partial charge on any atom is 0.235 e. The van der Waals surface area contributed by atoms with Gasteiger partial charge in [-0.1, -0.05) is 122 Å². The second-order valence-electron chi connectivity index (χ2n) is 15.0. The van der Waals surface area contributed by atoms with E-state index in [-0.39, 0.29) is 0 Å². The van der Waals surface area contributed by atoms with Crippen molar-refractivity contribution < 1.29 is 4.42 Å². The number of hydrogen-bond donors (Lipinski definition) is 0. The van der Waals surface area contributed by atoms with Crippen molar-refractivity contribution >= 4 is 82.0 Å². The maximum atomic E-state index is 6.70. The molecule has 11 aromatic rings. The molecular formula is C51H34N4O. The van der Waals surface area contributed by atoms with E-state index in [9.17, 15) is 0 Å². The topological polar surface area (TPSA) is 48.8 Å². The van der Waals surface area contributed by atoms with Crippen LogP contribution >= 0.6 is 0 Å². The van der Waals surface area contributed by atoms with E-state index in [1.807, 2.05) is 6.07 Å². The summed E-state index contributed by atoms with van der Waals surface area (Å²) in [5.41, 5.74) is 12.7. The summed E-state index contributed by atoms with van der Waals surface area (Å²) in [4.78, 5) is 10.7. The fourth-order valence-corrected chi connectivity index (χ4v) is 9.17. The number of para-hydroxylation sites is 4. The number of benzene rings is 7. The first-order chi connectivity index (χ1) is 27.7. The minimum Gasteiger partial charge on any atom is -0.455 e. The molecule has 0 saturated heterocycles. The van der Waals surface area contributed by atoms with E-state index in [2.05, 4.69) is 180 Å². The Morgan fingerprint density at radius 2 is 1.25 bits per heavy atom. The zero-order valence-corrected chi connectivity index (χ0v) is 30.6. The highest BCUT2D eigenvalue weighted by molar-refractivity contribution is 6.31. The van der Waals surface area contributed by atoms with Gasteiger partial charge in [0.2, 0.25) is 5.95 Å². The Bertz CT molecular complexity index is 3450. The fourth-order valence-electron chi connectivity index (χ4n) is 9.17. The Hall–Kier alpha value is -7.24. The van der Waals surface area contributed by atoms with Gasteiger partial charge in [-0.3, -0.25) is 4.57 Å². The molecule has 0 spiro atoms. The largest absolute Gasteiger partial charge is 0.455 e. The number of aromatic nitrogens is 4. The third-order valence-electron chi connectivity index (χ3n) is 11.7. The molecule has 1 atom stereocenters. The molecule has 0 N–H and O–H groups in total. The second kappa shape index (κ2) is 11.9. The van der Waals surface area contributed by atoms with Gasteiger partial charge in [-0.2, -0.15) is 0 Å². The third-order valence-corrected chi connectivity index (χ3v) is 11.7. The lowest BCUT2D eigenvalue weighted by atomic mass is 9.90. The molecule has 7 aromatic carbocycles. The predicted octanol–water partition coefficient (Wildman–Crippen LogP) is 13.4. The van der Waals surface area contributed by atoms with Crippen LogP contribution in [0.4, 0.5) is 0 Å². The Kier molecular flexibility index (Phi) is 6.61. The minimum absolute atomic E-state index is 0.538. The lowest BCUT2D eigenvalue weighted by Crippen LogP contribution is -2.03. The zero-order chi connectivity index (χ0) is 36.9. The molecular weight excluding hydrogens is 685 g/mol. The molecule has 0 fully saturated rings. The summed E-state index contributed by atoms with van der Waals surface area (Å²) in [7, 11) is 0. The zero-order valence-electron chi connectivity index (χ0n) is 30.6. The van der Waals surface area contributed by atoms with Gasteiger partial charge in [0.25, 0.3) is 0 Å². The SMILES string of the molecule is CC1C=CC=C(c2ccc(-c3nc(-n4c5ccccc5c5c4ccc4c6c7oc8ccccc8c7ccc6n(-c6ccccc6)c45)nc4ccccc34)cc2)C1. The van der Waals surface area contributed by atoms with Gasteiger partial charge in [-0.25, -0.2) is 9.97 Å². The van der Waals surface area contributed by atoms with Gasteiger partial charge in [-0.15, -0.1) is 0 Å².